The zero-order valence-corrected chi connectivity index (χ0v) is 19.7. The molecule has 0 radical (unpaired) electrons. The Morgan fingerprint density at radius 1 is 0.750 bits per heavy atom. The summed E-state index contributed by atoms with van der Waals surface area (Å²) in [4.78, 5) is 11.8. The zero-order valence-electron chi connectivity index (χ0n) is 19.7. The number of quaternary nitrogens is 1. The van der Waals surface area contributed by atoms with Crippen LogP contribution in [0.5, 0.6) is 0 Å². The van der Waals surface area contributed by atoms with Gasteiger partial charge in [-0.15, -0.1) is 0 Å². The van der Waals surface area contributed by atoms with Gasteiger partial charge in [-0.2, -0.15) is 0 Å². The van der Waals surface area contributed by atoms with Crippen LogP contribution in [0.2, 0.25) is 0 Å². The number of nitrogens with one attached hydrogen (secondary N) is 1. The molecule has 0 aliphatic rings. The van der Waals surface area contributed by atoms with E-state index in [1.54, 1.807) is 0 Å². The molecule has 4 heteroatoms. The fraction of sp³-hybridized carbons (Fsp3) is 0.958. The van der Waals surface area contributed by atoms with Gasteiger partial charge < -0.3 is 14.5 Å². The first kappa shape index (κ1) is 27.4. The minimum Gasteiger partial charge on any atom is -0.466 e. The smallest absolute Gasteiger partial charge is 0.305 e. The van der Waals surface area contributed by atoms with Gasteiger partial charge in [0, 0.05) is 19.4 Å². The van der Waals surface area contributed by atoms with Crippen LogP contribution in [0, 0.1) is 0 Å². The maximum atomic E-state index is 11.8. The molecule has 0 bridgehead atoms. The molecule has 1 N–H and O–H groups in total. The van der Waals surface area contributed by atoms with Crippen LogP contribution in [0.15, 0.2) is 0 Å². The molecule has 0 spiro atoms. The summed E-state index contributed by atoms with van der Waals surface area (Å²) in [6.07, 6.45) is 18.2. The number of esters is 1. The van der Waals surface area contributed by atoms with Gasteiger partial charge >= 0.3 is 5.97 Å². The van der Waals surface area contributed by atoms with Crippen molar-refractivity contribution in [2.24, 2.45) is 0 Å². The molecule has 0 atom stereocenters. The lowest BCUT2D eigenvalue weighted by Gasteiger charge is -2.29. The largest absolute Gasteiger partial charge is 0.466 e. The second-order valence-electron chi connectivity index (χ2n) is 9.05. The summed E-state index contributed by atoms with van der Waals surface area (Å²) in [5.41, 5.74) is 0. The average molecular weight is 400 g/mol. The van der Waals surface area contributed by atoms with Crippen LogP contribution >= 0.6 is 0 Å². The Morgan fingerprint density at radius 2 is 1.29 bits per heavy atom. The number of nitrogens with zero attached hydrogens (tertiary/aromatic N) is 1. The third-order valence-electron chi connectivity index (χ3n) is 5.60. The van der Waals surface area contributed by atoms with Crippen molar-refractivity contribution in [2.45, 2.75) is 103 Å². The van der Waals surface area contributed by atoms with Crippen molar-refractivity contribution in [3.05, 3.63) is 0 Å². The molecule has 0 aliphatic carbocycles. The van der Waals surface area contributed by atoms with Crippen molar-refractivity contribution in [1.29, 1.82) is 0 Å². The highest BCUT2D eigenvalue weighted by Gasteiger charge is 2.13. The zero-order chi connectivity index (χ0) is 20.9. The first-order valence-electron chi connectivity index (χ1n) is 12.1. The van der Waals surface area contributed by atoms with Crippen LogP contribution in [0.25, 0.3) is 0 Å². The Hall–Kier alpha value is -0.610. The fourth-order valence-corrected chi connectivity index (χ4v) is 3.63. The number of hydrogen-bond donors (Lipinski definition) is 1. The highest BCUT2D eigenvalue weighted by molar-refractivity contribution is 5.69. The number of carbonyl (C=O) groups is 1. The van der Waals surface area contributed by atoms with E-state index in [0.29, 0.717) is 13.0 Å². The van der Waals surface area contributed by atoms with Crippen molar-refractivity contribution in [3.63, 3.8) is 0 Å². The molecule has 4 nitrogen and oxygen atoms in total. The Bertz CT molecular complexity index is 345. The maximum absolute atomic E-state index is 11.8. The number of unbranched alkanes of at least 4 members (excludes halogenated alkanes) is 11. The van der Waals surface area contributed by atoms with E-state index in [4.69, 9.17) is 4.74 Å². The van der Waals surface area contributed by atoms with Crippen molar-refractivity contribution in [1.82, 2.24) is 5.32 Å². The minimum absolute atomic E-state index is 0.00121. The summed E-state index contributed by atoms with van der Waals surface area (Å²) in [6.45, 7) is 6.37. The van der Waals surface area contributed by atoms with Gasteiger partial charge in [0.15, 0.2) is 0 Å². The number of ether oxygens (including phenoxy) is 1. The van der Waals surface area contributed by atoms with Gasteiger partial charge in [-0.25, -0.2) is 0 Å². The predicted octanol–water partition coefficient (Wildman–Crippen LogP) is 5.70. The molecule has 0 fully saturated rings. The molecular weight excluding hydrogens is 348 g/mol. The molecule has 28 heavy (non-hydrogen) atoms. The molecule has 0 saturated heterocycles. The lowest BCUT2D eigenvalue weighted by atomic mass is 10.1. The molecule has 0 rings (SSSR count). The highest BCUT2D eigenvalue weighted by Crippen LogP contribution is 2.11. The molecule has 0 heterocycles. The van der Waals surface area contributed by atoms with E-state index in [1.165, 1.54) is 83.7 Å². The van der Waals surface area contributed by atoms with E-state index in [2.05, 4.69) is 26.3 Å². The quantitative estimate of drug-likeness (QED) is 0.153. The van der Waals surface area contributed by atoms with Crippen LogP contribution in [-0.4, -0.2) is 57.8 Å². The molecule has 168 valence electrons. The van der Waals surface area contributed by atoms with E-state index >= 15 is 0 Å². The van der Waals surface area contributed by atoms with Crippen LogP contribution in [0.4, 0.5) is 0 Å². The van der Waals surface area contributed by atoms with E-state index in [9.17, 15) is 4.79 Å². The standard InChI is InChI=1S/C24H51N2O2/c1-5-6-7-8-9-10-11-12-13-17-23-28-24(27)19-15-14-16-21-26(3,4)22-18-20-25-2/h25H,5-23H2,1-4H3/q+1. The van der Waals surface area contributed by atoms with Crippen LogP contribution in [0.3, 0.4) is 0 Å². The molecule has 0 aromatic heterocycles. The van der Waals surface area contributed by atoms with E-state index < -0.39 is 0 Å². The van der Waals surface area contributed by atoms with E-state index in [0.717, 1.165) is 30.3 Å². The summed E-state index contributed by atoms with van der Waals surface area (Å²) in [5.74, 6) is -0.00121. The third-order valence-corrected chi connectivity index (χ3v) is 5.60. The Labute approximate surface area is 176 Å². The van der Waals surface area contributed by atoms with Crippen LogP contribution < -0.4 is 5.32 Å². The predicted molar refractivity (Wildman–Crippen MR) is 122 cm³/mol. The molecule has 0 amide bonds. The molecule has 0 saturated carbocycles. The Kier molecular flexibility index (Phi) is 19.3. The summed E-state index contributed by atoms with van der Waals surface area (Å²) in [6, 6.07) is 0. The highest BCUT2D eigenvalue weighted by atomic mass is 16.5. The number of carbonyl (C=O) groups excluding carboxylic acids is 1. The molecular formula is C24H51N2O2+. The monoisotopic (exact) mass is 399 g/mol. The summed E-state index contributed by atoms with van der Waals surface area (Å²) >= 11 is 0. The normalized spacial score (nSPS) is 11.7. The second kappa shape index (κ2) is 19.7. The summed E-state index contributed by atoms with van der Waals surface area (Å²) < 4.78 is 6.45. The molecule has 0 aliphatic heterocycles. The van der Waals surface area contributed by atoms with Crippen molar-refractivity contribution in [2.75, 3.05) is 47.4 Å². The third kappa shape index (κ3) is 20.1. The van der Waals surface area contributed by atoms with Crippen molar-refractivity contribution >= 4 is 5.97 Å². The first-order chi connectivity index (χ1) is 13.5. The van der Waals surface area contributed by atoms with Gasteiger partial charge in [0.25, 0.3) is 0 Å². The van der Waals surface area contributed by atoms with E-state index in [1.807, 2.05) is 7.05 Å². The SMILES string of the molecule is CCCCCCCCCCCCOC(=O)CCCCC[N+](C)(C)CCCNC. The van der Waals surface area contributed by atoms with Gasteiger partial charge in [-0.3, -0.25) is 4.79 Å². The Balaban J connectivity index is 3.35. The molecule has 0 aromatic rings. The fourth-order valence-electron chi connectivity index (χ4n) is 3.63. The van der Waals surface area contributed by atoms with Gasteiger partial charge in [0.05, 0.1) is 33.8 Å². The first-order valence-corrected chi connectivity index (χ1v) is 12.1. The van der Waals surface area contributed by atoms with Crippen molar-refractivity contribution in [3.8, 4) is 0 Å². The molecule has 0 aromatic carbocycles. The van der Waals surface area contributed by atoms with Gasteiger partial charge in [-0.1, -0.05) is 64.7 Å². The lowest BCUT2D eigenvalue weighted by molar-refractivity contribution is -0.890. The van der Waals surface area contributed by atoms with Crippen molar-refractivity contribution < 1.29 is 14.0 Å². The second-order valence-corrected chi connectivity index (χ2v) is 9.05. The Morgan fingerprint density at radius 3 is 1.89 bits per heavy atom. The average Bonchev–Trinajstić information content (AvgIpc) is 2.66. The summed E-state index contributed by atoms with van der Waals surface area (Å²) in [7, 11) is 6.61. The summed E-state index contributed by atoms with van der Waals surface area (Å²) in [5, 5.41) is 3.21. The van der Waals surface area contributed by atoms with Crippen LogP contribution in [-0.2, 0) is 9.53 Å². The minimum atomic E-state index is -0.00121. The van der Waals surface area contributed by atoms with E-state index in [-0.39, 0.29) is 5.97 Å². The topological polar surface area (TPSA) is 38.3 Å². The number of hydrogen-bond acceptors (Lipinski definition) is 3. The van der Waals surface area contributed by atoms with Crippen LogP contribution in [0.1, 0.15) is 103 Å². The van der Waals surface area contributed by atoms with Gasteiger partial charge in [0.2, 0.25) is 0 Å². The van der Waals surface area contributed by atoms with Gasteiger partial charge in [0.1, 0.15) is 0 Å². The molecule has 0 unspecified atom stereocenters. The number of rotatable bonds is 21. The maximum Gasteiger partial charge on any atom is 0.305 e. The van der Waals surface area contributed by atoms with Gasteiger partial charge in [-0.05, 0) is 32.7 Å². The lowest BCUT2D eigenvalue weighted by Crippen LogP contribution is -2.42.